The molecule has 1 N–H and O–H groups in total. The third kappa shape index (κ3) is 5.46. The largest absolute Gasteiger partial charge is 0.483 e. The SMILES string of the molecule is Cc1cccc(NC(=O)CSc2nnc(C(C)Oc3ccc(F)cc3)n2-c2ccccc2)c1C. The van der Waals surface area contributed by atoms with Gasteiger partial charge in [0.1, 0.15) is 11.6 Å². The first-order chi connectivity index (χ1) is 16.4. The third-order valence-corrected chi connectivity index (χ3v) is 6.30. The van der Waals surface area contributed by atoms with Gasteiger partial charge in [-0.3, -0.25) is 9.36 Å². The normalized spacial score (nSPS) is 11.8. The van der Waals surface area contributed by atoms with Gasteiger partial charge in [-0.2, -0.15) is 0 Å². The Morgan fingerprint density at radius 3 is 2.50 bits per heavy atom. The Morgan fingerprint density at radius 1 is 1.03 bits per heavy atom. The van der Waals surface area contributed by atoms with E-state index in [0.29, 0.717) is 16.7 Å². The molecule has 1 heterocycles. The van der Waals surface area contributed by atoms with Crippen molar-refractivity contribution in [1.29, 1.82) is 0 Å². The molecule has 1 atom stereocenters. The van der Waals surface area contributed by atoms with Gasteiger partial charge in [-0.15, -0.1) is 10.2 Å². The van der Waals surface area contributed by atoms with Crippen LogP contribution in [0.4, 0.5) is 10.1 Å². The van der Waals surface area contributed by atoms with Gasteiger partial charge in [0.15, 0.2) is 17.1 Å². The van der Waals surface area contributed by atoms with Crippen LogP contribution in [-0.4, -0.2) is 26.4 Å². The number of rotatable bonds is 8. The molecule has 0 spiro atoms. The molecule has 0 aliphatic rings. The zero-order valence-electron chi connectivity index (χ0n) is 19.2. The van der Waals surface area contributed by atoms with Gasteiger partial charge in [-0.05, 0) is 74.4 Å². The average molecular weight is 477 g/mol. The second kappa shape index (κ2) is 10.5. The van der Waals surface area contributed by atoms with Crippen LogP contribution in [0.25, 0.3) is 5.69 Å². The van der Waals surface area contributed by atoms with Crippen molar-refractivity contribution in [1.82, 2.24) is 14.8 Å². The molecule has 1 amide bonds. The highest BCUT2D eigenvalue weighted by molar-refractivity contribution is 7.99. The van der Waals surface area contributed by atoms with E-state index in [1.807, 2.05) is 73.9 Å². The summed E-state index contributed by atoms with van der Waals surface area (Å²) in [4.78, 5) is 12.7. The second-order valence-corrected chi connectivity index (χ2v) is 8.75. The van der Waals surface area contributed by atoms with E-state index in [2.05, 4.69) is 15.5 Å². The lowest BCUT2D eigenvalue weighted by atomic mass is 10.1. The minimum atomic E-state index is -0.462. The van der Waals surface area contributed by atoms with Crippen LogP contribution in [0.3, 0.4) is 0 Å². The van der Waals surface area contributed by atoms with E-state index < -0.39 is 6.10 Å². The zero-order valence-corrected chi connectivity index (χ0v) is 20.0. The third-order valence-electron chi connectivity index (χ3n) is 5.37. The van der Waals surface area contributed by atoms with E-state index in [4.69, 9.17) is 4.74 Å². The molecule has 0 saturated carbocycles. The molecule has 0 saturated heterocycles. The number of aryl methyl sites for hydroxylation is 1. The average Bonchev–Trinajstić information content (AvgIpc) is 3.27. The molecule has 8 heteroatoms. The Labute approximate surface area is 202 Å². The molecule has 0 aliphatic carbocycles. The van der Waals surface area contributed by atoms with E-state index in [-0.39, 0.29) is 17.5 Å². The summed E-state index contributed by atoms with van der Waals surface area (Å²) in [5.41, 5.74) is 3.82. The van der Waals surface area contributed by atoms with Crippen LogP contribution in [0.15, 0.2) is 78.0 Å². The summed E-state index contributed by atoms with van der Waals surface area (Å²) in [7, 11) is 0. The number of nitrogens with zero attached hydrogens (tertiary/aromatic N) is 3. The number of ether oxygens (including phenoxy) is 1. The molecule has 1 unspecified atom stereocenters. The molecule has 6 nitrogen and oxygen atoms in total. The van der Waals surface area contributed by atoms with Crippen molar-refractivity contribution in [2.75, 3.05) is 11.1 Å². The summed E-state index contributed by atoms with van der Waals surface area (Å²) in [5, 5.41) is 12.2. The fourth-order valence-corrected chi connectivity index (χ4v) is 4.19. The fraction of sp³-hybridized carbons (Fsp3) is 0.192. The Bertz CT molecular complexity index is 1280. The maximum absolute atomic E-state index is 13.2. The number of hydrogen-bond donors (Lipinski definition) is 1. The lowest BCUT2D eigenvalue weighted by molar-refractivity contribution is -0.113. The van der Waals surface area contributed by atoms with Crippen LogP contribution in [0.1, 0.15) is 30.0 Å². The highest BCUT2D eigenvalue weighted by Crippen LogP contribution is 2.28. The number of anilines is 1. The number of amides is 1. The Kier molecular flexibility index (Phi) is 7.27. The lowest BCUT2D eigenvalue weighted by Crippen LogP contribution is -2.16. The van der Waals surface area contributed by atoms with Crippen molar-refractivity contribution in [3.63, 3.8) is 0 Å². The van der Waals surface area contributed by atoms with Gasteiger partial charge in [0, 0.05) is 11.4 Å². The molecule has 4 aromatic rings. The monoisotopic (exact) mass is 476 g/mol. The van der Waals surface area contributed by atoms with Crippen LogP contribution in [-0.2, 0) is 4.79 Å². The van der Waals surface area contributed by atoms with E-state index in [9.17, 15) is 9.18 Å². The molecule has 0 fully saturated rings. The first-order valence-corrected chi connectivity index (χ1v) is 11.8. The first-order valence-electron chi connectivity index (χ1n) is 10.8. The van der Waals surface area contributed by atoms with Crippen molar-refractivity contribution in [2.24, 2.45) is 0 Å². The fourth-order valence-electron chi connectivity index (χ4n) is 3.43. The predicted molar refractivity (Wildman–Crippen MR) is 132 cm³/mol. The maximum Gasteiger partial charge on any atom is 0.234 e. The Hall–Kier alpha value is -3.65. The summed E-state index contributed by atoms with van der Waals surface area (Å²) < 4.78 is 21.1. The number of benzene rings is 3. The van der Waals surface area contributed by atoms with Gasteiger partial charge in [-0.1, -0.05) is 42.1 Å². The van der Waals surface area contributed by atoms with Crippen molar-refractivity contribution >= 4 is 23.4 Å². The van der Waals surface area contributed by atoms with Crippen LogP contribution >= 0.6 is 11.8 Å². The van der Waals surface area contributed by atoms with Crippen LogP contribution < -0.4 is 10.1 Å². The molecule has 4 rings (SSSR count). The minimum Gasteiger partial charge on any atom is -0.483 e. The van der Waals surface area contributed by atoms with Crippen LogP contribution in [0, 0.1) is 19.7 Å². The molecule has 0 bridgehead atoms. The highest BCUT2D eigenvalue weighted by Gasteiger charge is 2.22. The van der Waals surface area contributed by atoms with Crippen molar-refractivity contribution in [3.05, 3.63) is 95.6 Å². The summed E-state index contributed by atoms with van der Waals surface area (Å²) >= 11 is 1.30. The van der Waals surface area contributed by atoms with E-state index in [0.717, 1.165) is 22.5 Å². The predicted octanol–water partition coefficient (Wildman–Crippen LogP) is 5.89. The molecule has 34 heavy (non-hydrogen) atoms. The quantitative estimate of drug-likeness (QED) is 0.321. The van der Waals surface area contributed by atoms with Crippen molar-refractivity contribution in [3.8, 4) is 11.4 Å². The molecule has 0 radical (unpaired) electrons. The number of hydrogen-bond acceptors (Lipinski definition) is 5. The number of para-hydroxylation sites is 1. The standard InChI is InChI=1S/C26H25FN4O2S/c1-17-8-7-11-23(18(17)2)28-24(32)16-34-26-30-29-25(31(26)21-9-5-4-6-10-21)19(3)33-22-14-12-20(27)13-15-22/h4-15,19H,16H2,1-3H3,(H,28,32). The maximum atomic E-state index is 13.2. The number of thioether (sulfide) groups is 1. The van der Waals surface area contributed by atoms with E-state index in [1.54, 1.807) is 12.1 Å². The number of carbonyl (C=O) groups excluding carboxylic acids is 1. The first kappa shape index (κ1) is 23.5. The lowest BCUT2D eigenvalue weighted by Gasteiger charge is -2.16. The number of aromatic nitrogens is 3. The molecular formula is C26H25FN4O2S. The van der Waals surface area contributed by atoms with Gasteiger partial charge in [0.2, 0.25) is 5.91 Å². The molecule has 0 aliphatic heterocycles. The van der Waals surface area contributed by atoms with E-state index in [1.165, 1.54) is 23.9 Å². The topological polar surface area (TPSA) is 69.0 Å². The summed E-state index contributed by atoms with van der Waals surface area (Å²) in [6.07, 6.45) is -0.462. The van der Waals surface area contributed by atoms with Gasteiger partial charge in [0.05, 0.1) is 5.75 Å². The van der Waals surface area contributed by atoms with Crippen LogP contribution in [0.2, 0.25) is 0 Å². The zero-order chi connectivity index (χ0) is 24.1. The van der Waals surface area contributed by atoms with Gasteiger partial charge >= 0.3 is 0 Å². The van der Waals surface area contributed by atoms with Crippen molar-refractivity contribution in [2.45, 2.75) is 32.0 Å². The molecule has 1 aromatic heterocycles. The summed E-state index contributed by atoms with van der Waals surface area (Å²) in [5.74, 6) is 0.821. The van der Waals surface area contributed by atoms with Gasteiger partial charge in [0.25, 0.3) is 0 Å². The number of carbonyl (C=O) groups is 1. The molecular weight excluding hydrogens is 451 g/mol. The smallest absolute Gasteiger partial charge is 0.234 e. The number of nitrogens with one attached hydrogen (secondary N) is 1. The Balaban J connectivity index is 1.54. The van der Waals surface area contributed by atoms with Crippen LogP contribution in [0.5, 0.6) is 5.75 Å². The highest BCUT2D eigenvalue weighted by atomic mass is 32.2. The van der Waals surface area contributed by atoms with Gasteiger partial charge < -0.3 is 10.1 Å². The van der Waals surface area contributed by atoms with Crippen molar-refractivity contribution < 1.29 is 13.9 Å². The summed E-state index contributed by atoms with van der Waals surface area (Å²) in [6.45, 7) is 5.85. The Morgan fingerprint density at radius 2 is 1.76 bits per heavy atom. The van der Waals surface area contributed by atoms with Gasteiger partial charge in [-0.25, -0.2) is 4.39 Å². The molecule has 174 valence electrons. The minimum absolute atomic E-state index is 0.126. The molecule has 3 aromatic carbocycles. The second-order valence-electron chi connectivity index (χ2n) is 7.81. The van der Waals surface area contributed by atoms with E-state index >= 15 is 0 Å². The number of halogens is 1. The summed E-state index contributed by atoms with van der Waals surface area (Å²) in [6, 6.07) is 21.3.